The molecule has 0 aliphatic rings. The molecule has 0 unspecified atom stereocenters. The highest BCUT2D eigenvalue weighted by Crippen LogP contribution is 2.41. The highest BCUT2D eigenvalue weighted by Gasteiger charge is 2.16. The number of carboxylic acids is 1. The van der Waals surface area contributed by atoms with Crippen molar-refractivity contribution < 1.29 is 24.2 Å². The first-order valence-corrected chi connectivity index (χ1v) is 11.7. The zero-order valence-electron chi connectivity index (χ0n) is 18.8. The third kappa shape index (κ3) is 4.54. The number of carboxylic acid groups (broad SMARTS) is 1. The first-order chi connectivity index (χ1) is 17.0. The molecule has 0 saturated carbocycles. The average molecular weight is 484 g/mol. The number of hydrogen-bond acceptors (Lipinski definition) is 5. The van der Waals surface area contributed by atoms with Gasteiger partial charge in [0.05, 0.1) is 7.11 Å². The Morgan fingerprint density at radius 2 is 1.89 bits per heavy atom. The first-order valence-electron chi connectivity index (χ1n) is 10.9. The fourth-order valence-corrected chi connectivity index (χ4v) is 5.09. The van der Waals surface area contributed by atoms with Crippen LogP contribution in [0.1, 0.15) is 15.9 Å². The second-order valence-corrected chi connectivity index (χ2v) is 8.95. The van der Waals surface area contributed by atoms with Gasteiger partial charge in [-0.2, -0.15) is 0 Å². The number of allylic oxidation sites excluding steroid dienone is 1. The summed E-state index contributed by atoms with van der Waals surface area (Å²) in [5.41, 5.74) is 2.86. The van der Waals surface area contributed by atoms with Crippen molar-refractivity contribution in [1.29, 1.82) is 0 Å². The molecule has 6 nitrogen and oxygen atoms in total. The molecule has 0 atom stereocenters. The molecule has 0 spiro atoms. The number of aromatic nitrogens is 1. The van der Waals surface area contributed by atoms with E-state index in [0.29, 0.717) is 22.6 Å². The van der Waals surface area contributed by atoms with Crippen molar-refractivity contribution in [3.63, 3.8) is 0 Å². The quantitative estimate of drug-likeness (QED) is 0.196. The number of rotatable bonds is 8. The van der Waals surface area contributed by atoms with Gasteiger partial charge in [0.25, 0.3) is 0 Å². The van der Waals surface area contributed by atoms with E-state index in [1.807, 2.05) is 42.5 Å². The number of benzene rings is 3. The van der Waals surface area contributed by atoms with Gasteiger partial charge in [0.15, 0.2) is 12.4 Å². The molecule has 7 heteroatoms. The molecule has 0 bridgehead atoms. The van der Waals surface area contributed by atoms with E-state index in [9.17, 15) is 9.59 Å². The minimum Gasteiger partial charge on any atom is -0.496 e. The molecule has 0 fully saturated rings. The van der Waals surface area contributed by atoms with Crippen LogP contribution in [-0.2, 0) is 4.79 Å². The van der Waals surface area contributed by atoms with E-state index >= 15 is 0 Å². The summed E-state index contributed by atoms with van der Waals surface area (Å²) in [7, 11) is 1.56. The number of aromatic amines is 1. The molecular weight excluding hydrogens is 462 g/mol. The molecule has 2 heterocycles. The van der Waals surface area contributed by atoms with Gasteiger partial charge in [0.1, 0.15) is 11.5 Å². The Kier molecular flexibility index (Phi) is 6.08. The number of H-pyrrole nitrogens is 1. The molecule has 5 rings (SSSR count). The van der Waals surface area contributed by atoms with Crippen LogP contribution >= 0.6 is 11.3 Å². The molecular formula is C28H21NO5S. The fourth-order valence-electron chi connectivity index (χ4n) is 4.00. The summed E-state index contributed by atoms with van der Waals surface area (Å²) in [5, 5.41) is 11.1. The fraction of sp³-hybridized carbons (Fsp3) is 0.0714. The minimum atomic E-state index is -1.09. The van der Waals surface area contributed by atoms with Gasteiger partial charge in [0, 0.05) is 49.4 Å². The molecule has 0 radical (unpaired) electrons. The molecule has 2 N–H and O–H groups in total. The van der Waals surface area contributed by atoms with Crippen LogP contribution < -0.4 is 9.47 Å². The first kappa shape index (κ1) is 22.4. The molecule has 2 aromatic heterocycles. The Balaban J connectivity index is 1.58. The highest BCUT2D eigenvalue weighted by molar-refractivity contribution is 7.22. The summed E-state index contributed by atoms with van der Waals surface area (Å²) in [4.78, 5) is 28.3. The van der Waals surface area contributed by atoms with Gasteiger partial charge in [-0.15, -0.1) is 11.3 Å². The van der Waals surface area contributed by atoms with Crippen LogP contribution in [-0.4, -0.2) is 35.6 Å². The van der Waals surface area contributed by atoms with Crippen molar-refractivity contribution in [3.8, 4) is 21.9 Å². The van der Waals surface area contributed by atoms with Crippen molar-refractivity contribution in [2.45, 2.75) is 0 Å². The standard InChI is InChI=1S/C28H21NO5S/c1-33-25-15-24(34-16-28(31)32)17(13-21(25)27-14-18-5-2-3-8-26(18)35-27)9-10-23(30)20-6-4-7-22-19(20)11-12-29-22/h2-15,29H,16H2,1H3,(H,31,32)/b10-9+. The lowest BCUT2D eigenvalue weighted by Gasteiger charge is -2.13. The van der Waals surface area contributed by atoms with Gasteiger partial charge in [-0.25, -0.2) is 4.79 Å². The molecule has 5 aromatic rings. The number of ketones is 1. The van der Waals surface area contributed by atoms with Gasteiger partial charge >= 0.3 is 5.97 Å². The van der Waals surface area contributed by atoms with Crippen molar-refractivity contribution in [2.75, 3.05) is 13.7 Å². The summed E-state index contributed by atoms with van der Waals surface area (Å²) in [6.07, 6.45) is 4.93. The Morgan fingerprint density at radius 3 is 2.69 bits per heavy atom. The Morgan fingerprint density at radius 1 is 1.03 bits per heavy atom. The molecule has 0 saturated heterocycles. The predicted octanol–water partition coefficient (Wildman–Crippen LogP) is 6.42. The second-order valence-electron chi connectivity index (χ2n) is 7.86. The number of thiophene rings is 1. The van der Waals surface area contributed by atoms with Crippen LogP contribution in [0.5, 0.6) is 11.5 Å². The smallest absolute Gasteiger partial charge is 0.341 e. The zero-order valence-corrected chi connectivity index (χ0v) is 19.6. The van der Waals surface area contributed by atoms with Gasteiger partial charge in [-0.1, -0.05) is 30.3 Å². The number of methoxy groups -OCH3 is 1. The highest BCUT2D eigenvalue weighted by atomic mass is 32.1. The number of ether oxygens (including phenoxy) is 2. The van der Waals surface area contributed by atoms with Crippen LogP contribution in [0.2, 0.25) is 0 Å². The lowest BCUT2D eigenvalue weighted by Crippen LogP contribution is -2.10. The molecule has 0 amide bonds. The molecule has 35 heavy (non-hydrogen) atoms. The van der Waals surface area contributed by atoms with Gasteiger partial charge in [0.2, 0.25) is 0 Å². The van der Waals surface area contributed by atoms with Crippen LogP contribution in [0.4, 0.5) is 0 Å². The zero-order chi connectivity index (χ0) is 24.4. The van der Waals surface area contributed by atoms with E-state index in [0.717, 1.165) is 31.4 Å². The number of nitrogens with one attached hydrogen (secondary N) is 1. The summed E-state index contributed by atoms with van der Waals surface area (Å²) in [6, 6.07) is 21.1. The Bertz CT molecular complexity index is 1560. The Labute approximate surface area is 205 Å². The maximum absolute atomic E-state index is 13.0. The van der Waals surface area contributed by atoms with Crippen LogP contribution in [0.25, 0.3) is 37.5 Å². The largest absolute Gasteiger partial charge is 0.496 e. The van der Waals surface area contributed by atoms with E-state index in [2.05, 4.69) is 17.1 Å². The third-order valence-corrected chi connectivity index (χ3v) is 6.80. The summed E-state index contributed by atoms with van der Waals surface area (Å²) in [5.74, 6) is -0.392. The summed E-state index contributed by atoms with van der Waals surface area (Å²) < 4.78 is 12.3. The predicted molar refractivity (Wildman–Crippen MR) is 139 cm³/mol. The molecule has 0 aliphatic heterocycles. The second kappa shape index (κ2) is 9.48. The lowest BCUT2D eigenvalue weighted by atomic mass is 10.0. The SMILES string of the molecule is COc1cc(OCC(=O)O)c(/C=C/C(=O)c2cccc3[nH]ccc23)cc1-c1cc2ccccc2s1. The van der Waals surface area contributed by atoms with E-state index in [4.69, 9.17) is 14.6 Å². The average Bonchev–Trinajstić information content (AvgIpc) is 3.52. The van der Waals surface area contributed by atoms with Crippen molar-refractivity contribution >= 4 is 50.2 Å². The summed E-state index contributed by atoms with van der Waals surface area (Å²) >= 11 is 1.63. The maximum Gasteiger partial charge on any atom is 0.341 e. The number of aliphatic carboxylic acids is 1. The van der Waals surface area contributed by atoms with Crippen LogP contribution in [0.3, 0.4) is 0 Å². The number of hydrogen-bond donors (Lipinski definition) is 2. The van der Waals surface area contributed by atoms with Gasteiger partial charge in [-0.05, 0) is 47.9 Å². The van der Waals surface area contributed by atoms with E-state index < -0.39 is 12.6 Å². The normalized spacial score (nSPS) is 11.3. The van der Waals surface area contributed by atoms with E-state index in [1.165, 1.54) is 6.08 Å². The third-order valence-electron chi connectivity index (χ3n) is 5.65. The lowest BCUT2D eigenvalue weighted by molar-refractivity contribution is -0.139. The maximum atomic E-state index is 13.0. The van der Waals surface area contributed by atoms with Crippen LogP contribution in [0.15, 0.2) is 79.0 Å². The molecule has 3 aromatic carbocycles. The minimum absolute atomic E-state index is 0.168. The van der Waals surface area contributed by atoms with Crippen molar-refractivity contribution in [2.24, 2.45) is 0 Å². The van der Waals surface area contributed by atoms with Gasteiger partial charge in [-0.3, -0.25) is 4.79 Å². The number of carbonyl (C=O) groups excluding carboxylic acids is 1. The molecule has 0 aliphatic carbocycles. The van der Waals surface area contributed by atoms with E-state index in [-0.39, 0.29) is 5.78 Å². The van der Waals surface area contributed by atoms with Crippen LogP contribution in [0, 0.1) is 0 Å². The number of fused-ring (bicyclic) bond motifs is 2. The number of carbonyl (C=O) groups is 2. The van der Waals surface area contributed by atoms with Crippen molar-refractivity contribution in [3.05, 3.63) is 90.1 Å². The van der Waals surface area contributed by atoms with Crippen molar-refractivity contribution in [1.82, 2.24) is 4.98 Å². The topological polar surface area (TPSA) is 88.6 Å². The summed E-state index contributed by atoms with van der Waals surface area (Å²) in [6.45, 7) is -0.511. The Hall–Kier alpha value is -4.36. The monoisotopic (exact) mass is 483 g/mol. The van der Waals surface area contributed by atoms with Gasteiger partial charge < -0.3 is 19.6 Å². The van der Waals surface area contributed by atoms with E-state index in [1.54, 1.807) is 42.9 Å². The molecule has 174 valence electrons.